The SMILES string of the molecule is COCC(CO)Nc1ncnc2c1CCCC2. The molecule has 1 aromatic rings. The summed E-state index contributed by atoms with van der Waals surface area (Å²) in [6.45, 7) is 0.502. The lowest BCUT2D eigenvalue weighted by molar-refractivity contribution is 0.153. The summed E-state index contributed by atoms with van der Waals surface area (Å²) in [4.78, 5) is 8.59. The van der Waals surface area contributed by atoms with Crippen molar-refractivity contribution in [3.05, 3.63) is 17.6 Å². The molecule has 17 heavy (non-hydrogen) atoms. The molecule has 1 aromatic heterocycles. The number of aryl methyl sites for hydroxylation is 1. The van der Waals surface area contributed by atoms with Crippen molar-refractivity contribution < 1.29 is 9.84 Å². The van der Waals surface area contributed by atoms with Gasteiger partial charge in [-0.1, -0.05) is 0 Å². The first-order valence-electron chi connectivity index (χ1n) is 6.04. The third kappa shape index (κ3) is 2.92. The molecule has 1 heterocycles. The van der Waals surface area contributed by atoms with Crippen molar-refractivity contribution in [2.75, 3.05) is 25.6 Å². The molecule has 5 heteroatoms. The maximum Gasteiger partial charge on any atom is 0.133 e. The number of anilines is 1. The van der Waals surface area contributed by atoms with Crippen LogP contribution in [-0.4, -0.2) is 41.4 Å². The van der Waals surface area contributed by atoms with E-state index in [0.717, 1.165) is 24.4 Å². The molecule has 2 N–H and O–H groups in total. The number of aromatic nitrogens is 2. The van der Waals surface area contributed by atoms with Gasteiger partial charge in [0.05, 0.1) is 19.3 Å². The van der Waals surface area contributed by atoms with Gasteiger partial charge in [0.15, 0.2) is 0 Å². The summed E-state index contributed by atoms with van der Waals surface area (Å²) in [5.41, 5.74) is 2.34. The number of aliphatic hydroxyl groups excluding tert-OH is 1. The second-order valence-corrected chi connectivity index (χ2v) is 4.33. The van der Waals surface area contributed by atoms with E-state index in [1.807, 2.05) is 0 Å². The Hall–Kier alpha value is -1.20. The summed E-state index contributed by atoms with van der Waals surface area (Å²) in [5, 5.41) is 12.5. The normalized spacial score (nSPS) is 16.4. The second kappa shape index (κ2) is 5.93. The lowest BCUT2D eigenvalue weighted by atomic mass is 9.96. The van der Waals surface area contributed by atoms with Crippen molar-refractivity contribution >= 4 is 5.82 Å². The number of ether oxygens (including phenoxy) is 1. The highest BCUT2D eigenvalue weighted by atomic mass is 16.5. The van der Waals surface area contributed by atoms with E-state index in [1.165, 1.54) is 18.4 Å². The topological polar surface area (TPSA) is 67.3 Å². The van der Waals surface area contributed by atoms with Crippen LogP contribution in [0.2, 0.25) is 0 Å². The zero-order valence-corrected chi connectivity index (χ0v) is 10.1. The molecule has 0 aliphatic heterocycles. The van der Waals surface area contributed by atoms with Crippen LogP contribution in [-0.2, 0) is 17.6 Å². The molecule has 94 valence electrons. The highest BCUT2D eigenvalue weighted by Crippen LogP contribution is 2.24. The van der Waals surface area contributed by atoms with Crippen LogP contribution in [0.5, 0.6) is 0 Å². The summed E-state index contributed by atoms with van der Waals surface area (Å²) in [6.07, 6.45) is 6.02. The lowest BCUT2D eigenvalue weighted by Gasteiger charge is -2.21. The third-order valence-corrected chi connectivity index (χ3v) is 3.05. The minimum Gasteiger partial charge on any atom is -0.394 e. The van der Waals surface area contributed by atoms with Gasteiger partial charge < -0.3 is 15.2 Å². The largest absolute Gasteiger partial charge is 0.394 e. The van der Waals surface area contributed by atoms with Crippen LogP contribution in [0.3, 0.4) is 0 Å². The van der Waals surface area contributed by atoms with Crippen molar-refractivity contribution in [2.45, 2.75) is 31.7 Å². The van der Waals surface area contributed by atoms with Gasteiger partial charge in [-0.25, -0.2) is 9.97 Å². The van der Waals surface area contributed by atoms with Gasteiger partial charge in [-0.05, 0) is 25.7 Å². The van der Waals surface area contributed by atoms with Crippen LogP contribution in [0.4, 0.5) is 5.82 Å². The Morgan fingerprint density at radius 1 is 1.41 bits per heavy atom. The molecule has 0 saturated heterocycles. The summed E-state index contributed by atoms with van der Waals surface area (Å²) in [5.74, 6) is 0.853. The van der Waals surface area contributed by atoms with Crippen molar-refractivity contribution in [1.82, 2.24) is 9.97 Å². The predicted molar refractivity (Wildman–Crippen MR) is 65.0 cm³/mol. The quantitative estimate of drug-likeness (QED) is 0.792. The summed E-state index contributed by atoms with van der Waals surface area (Å²) in [6, 6.07) is -0.110. The van der Waals surface area contributed by atoms with Crippen molar-refractivity contribution in [3.8, 4) is 0 Å². The fourth-order valence-corrected chi connectivity index (χ4v) is 2.18. The first-order valence-corrected chi connectivity index (χ1v) is 6.04. The van der Waals surface area contributed by atoms with Gasteiger partial charge in [0.2, 0.25) is 0 Å². The van der Waals surface area contributed by atoms with Gasteiger partial charge in [0.25, 0.3) is 0 Å². The van der Waals surface area contributed by atoms with Crippen LogP contribution < -0.4 is 5.32 Å². The molecule has 1 atom stereocenters. The van der Waals surface area contributed by atoms with E-state index < -0.39 is 0 Å². The second-order valence-electron chi connectivity index (χ2n) is 4.33. The van der Waals surface area contributed by atoms with Gasteiger partial charge in [-0.2, -0.15) is 0 Å². The molecule has 1 aliphatic carbocycles. The first kappa shape index (κ1) is 12.3. The number of aliphatic hydroxyl groups is 1. The van der Waals surface area contributed by atoms with Crippen LogP contribution in [0.15, 0.2) is 6.33 Å². The number of hydrogen-bond donors (Lipinski definition) is 2. The fourth-order valence-electron chi connectivity index (χ4n) is 2.18. The van der Waals surface area contributed by atoms with E-state index in [-0.39, 0.29) is 12.6 Å². The Bertz CT molecular complexity index is 371. The average molecular weight is 237 g/mol. The molecule has 0 saturated carbocycles. The molecule has 0 aromatic carbocycles. The number of nitrogens with one attached hydrogen (secondary N) is 1. The van der Waals surface area contributed by atoms with Crippen LogP contribution >= 0.6 is 0 Å². The maximum absolute atomic E-state index is 9.24. The van der Waals surface area contributed by atoms with Crippen molar-refractivity contribution in [3.63, 3.8) is 0 Å². The van der Waals surface area contributed by atoms with E-state index in [0.29, 0.717) is 6.61 Å². The van der Waals surface area contributed by atoms with Crippen molar-refractivity contribution in [2.24, 2.45) is 0 Å². The van der Waals surface area contributed by atoms with E-state index in [2.05, 4.69) is 15.3 Å². The van der Waals surface area contributed by atoms with Crippen LogP contribution in [0, 0.1) is 0 Å². The molecule has 0 radical (unpaired) electrons. The van der Waals surface area contributed by atoms with Gasteiger partial charge in [-0.15, -0.1) is 0 Å². The number of fused-ring (bicyclic) bond motifs is 1. The molecule has 1 aliphatic rings. The fraction of sp³-hybridized carbons (Fsp3) is 0.667. The smallest absolute Gasteiger partial charge is 0.133 e. The minimum atomic E-state index is -0.110. The van der Waals surface area contributed by atoms with Crippen LogP contribution in [0.1, 0.15) is 24.1 Å². The molecule has 0 amide bonds. The summed E-state index contributed by atoms with van der Waals surface area (Å²) >= 11 is 0. The van der Waals surface area contributed by atoms with Gasteiger partial charge in [0.1, 0.15) is 12.1 Å². The van der Waals surface area contributed by atoms with E-state index in [9.17, 15) is 5.11 Å². The molecular weight excluding hydrogens is 218 g/mol. The molecule has 0 fully saturated rings. The Labute approximate surface area is 101 Å². The summed E-state index contributed by atoms with van der Waals surface area (Å²) < 4.78 is 5.05. The first-order chi connectivity index (χ1) is 8.35. The highest BCUT2D eigenvalue weighted by Gasteiger charge is 2.17. The lowest BCUT2D eigenvalue weighted by Crippen LogP contribution is -2.30. The van der Waals surface area contributed by atoms with Gasteiger partial charge in [0, 0.05) is 18.4 Å². The van der Waals surface area contributed by atoms with Crippen molar-refractivity contribution in [1.29, 1.82) is 0 Å². The van der Waals surface area contributed by atoms with E-state index >= 15 is 0 Å². The molecule has 0 spiro atoms. The zero-order valence-electron chi connectivity index (χ0n) is 10.1. The predicted octanol–water partition coefficient (Wildman–Crippen LogP) is 0.775. The average Bonchev–Trinajstić information content (AvgIpc) is 2.38. The molecule has 1 unspecified atom stereocenters. The number of rotatable bonds is 5. The summed E-state index contributed by atoms with van der Waals surface area (Å²) in [7, 11) is 1.62. The maximum atomic E-state index is 9.24. The molecular formula is C12H19N3O2. The van der Waals surface area contributed by atoms with Crippen LogP contribution in [0.25, 0.3) is 0 Å². The number of hydrogen-bond acceptors (Lipinski definition) is 5. The Kier molecular flexibility index (Phi) is 4.28. The van der Waals surface area contributed by atoms with E-state index in [4.69, 9.17) is 4.74 Å². The zero-order chi connectivity index (χ0) is 12.1. The third-order valence-electron chi connectivity index (χ3n) is 3.05. The Balaban J connectivity index is 2.14. The standard InChI is InChI=1S/C12H19N3O2/c1-17-7-9(6-16)15-12-10-4-2-3-5-11(10)13-8-14-12/h8-9,16H,2-7H2,1H3,(H,13,14,15). The molecule has 5 nitrogen and oxygen atoms in total. The molecule has 2 rings (SSSR count). The van der Waals surface area contributed by atoms with E-state index in [1.54, 1.807) is 13.4 Å². The Morgan fingerprint density at radius 3 is 3.00 bits per heavy atom. The van der Waals surface area contributed by atoms with Gasteiger partial charge in [-0.3, -0.25) is 0 Å². The minimum absolute atomic E-state index is 0.0343. The van der Waals surface area contributed by atoms with Gasteiger partial charge >= 0.3 is 0 Å². The molecule has 0 bridgehead atoms. The Morgan fingerprint density at radius 2 is 2.24 bits per heavy atom. The monoisotopic (exact) mass is 237 g/mol. The number of methoxy groups -OCH3 is 1. The number of nitrogens with zero attached hydrogens (tertiary/aromatic N) is 2. The highest BCUT2D eigenvalue weighted by molar-refractivity contribution is 5.47.